The average molecular weight is 227 g/mol. The number of hydrogen-bond acceptors (Lipinski definition) is 2. The largest absolute Gasteiger partial charge is 0.393 e. The minimum atomic E-state index is -0.254. The Morgan fingerprint density at radius 1 is 1.38 bits per heavy atom. The van der Waals surface area contributed by atoms with Gasteiger partial charge in [-0.2, -0.15) is 0 Å². The molecule has 0 aromatic carbocycles. The molecule has 1 unspecified atom stereocenters. The highest BCUT2D eigenvalue weighted by Gasteiger charge is 2.16. The number of rotatable bonds is 6. The van der Waals surface area contributed by atoms with Gasteiger partial charge in [0.15, 0.2) is 0 Å². The monoisotopic (exact) mass is 227 g/mol. The lowest BCUT2D eigenvalue weighted by Crippen LogP contribution is -2.27. The van der Waals surface area contributed by atoms with Gasteiger partial charge in [0.05, 0.1) is 6.10 Å². The van der Waals surface area contributed by atoms with Gasteiger partial charge in [-0.1, -0.05) is 19.3 Å². The molecule has 1 rings (SSSR count). The molecule has 2 N–H and O–H groups in total. The molecule has 0 aromatic heterocycles. The van der Waals surface area contributed by atoms with Crippen molar-refractivity contribution in [1.29, 1.82) is 0 Å². The van der Waals surface area contributed by atoms with Gasteiger partial charge in [-0.15, -0.1) is 0 Å². The second-order valence-corrected chi connectivity index (χ2v) is 5.05. The van der Waals surface area contributed by atoms with Crippen molar-refractivity contribution in [3.05, 3.63) is 0 Å². The highest BCUT2D eigenvalue weighted by atomic mass is 16.3. The van der Waals surface area contributed by atoms with Gasteiger partial charge in [-0.25, -0.2) is 0 Å². The molecule has 0 saturated heterocycles. The first-order valence-electron chi connectivity index (χ1n) is 6.63. The molecule has 0 radical (unpaired) electrons. The molecule has 1 aliphatic carbocycles. The maximum atomic E-state index is 11.6. The van der Waals surface area contributed by atoms with E-state index in [1.165, 1.54) is 32.1 Å². The smallest absolute Gasteiger partial charge is 0.220 e. The van der Waals surface area contributed by atoms with E-state index >= 15 is 0 Å². The Morgan fingerprint density at radius 3 is 2.69 bits per heavy atom. The minimum Gasteiger partial charge on any atom is -0.393 e. The number of carbonyl (C=O) groups excluding carboxylic acids is 1. The van der Waals surface area contributed by atoms with E-state index < -0.39 is 0 Å². The minimum absolute atomic E-state index is 0.192. The Morgan fingerprint density at radius 2 is 2.06 bits per heavy atom. The fraction of sp³-hybridized carbons (Fsp3) is 0.923. The SMILES string of the molecule is CC(O)CCCNC(=O)CC1CCCCC1. The Bertz CT molecular complexity index is 198. The number of aliphatic hydroxyl groups excluding tert-OH is 1. The van der Waals surface area contributed by atoms with Crippen LogP contribution < -0.4 is 5.32 Å². The molecule has 3 heteroatoms. The van der Waals surface area contributed by atoms with Crippen LogP contribution in [0.4, 0.5) is 0 Å². The van der Waals surface area contributed by atoms with Crippen LogP contribution in [0.15, 0.2) is 0 Å². The zero-order valence-corrected chi connectivity index (χ0v) is 10.4. The summed E-state index contributed by atoms with van der Waals surface area (Å²) in [5.41, 5.74) is 0. The first-order chi connectivity index (χ1) is 7.68. The van der Waals surface area contributed by atoms with Crippen molar-refractivity contribution >= 4 is 5.91 Å². The third-order valence-electron chi connectivity index (χ3n) is 3.32. The maximum absolute atomic E-state index is 11.6. The van der Waals surface area contributed by atoms with Crippen LogP contribution in [0.2, 0.25) is 0 Å². The van der Waals surface area contributed by atoms with Gasteiger partial charge in [0.1, 0.15) is 0 Å². The first-order valence-corrected chi connectivity index (χ1v) is 6.63. The van der Waals surface area contributed by atoms with Gasteiger partial charge in [-0.05, 0) is 38.5 Å². The third-order valence-corrected chi connectivity index (χ3v) is 3.32. The van der Waals surface area contributed by atoms with E-state index in [1.807, 2.05) is 0 Å². The predicted molar refractivity (Wildman–Crippen MR) is 65.1 cm³/mol. The zero-order valence-electron chi connectivity index (χ0n) is 10.4. The second kappa shape index (κ2) is 7.66. The van der Waals surface area contributed by atoms with Crippen molar-refractivity contribution in [2.24, 2.45) is 5.92 Å². The van der Waals surface area contributed by atoms with Crippen molar-refractivity contribution in [2.45, 2.75) is 64.4 Å². The van der Waals surface area contributed by atoms with Crippen LogP contribution in [0.1, 0.15) is 58.3 Å². The molecule has 0 aromatic rings. The lowest BCUT2D eigenvalue weighted by molar-refractivity contribution is -0.122. The molecule has 0 bridgehead atoms. The number of amides is 1. The van der Waals surface area contributed by atoms with Crippen molar-refractivity contribution in [3.8, 4) is 0 Å². The van der Waals surface area contributed by atoms with Crippen molar-refractivity contribution in [2.75, 3.05) is 6.54 Å². The number of hydrogen-bond donors (Lipinski definition) is 2. The highest BCUT2D eigenvalue weighted by Crippen LogP contribution is 2.25. The molecule has 0 spiro atoms. The van der Waals surface area contributed by atoms with E-state index in [-0.39, 0.29) is 12.0 Å². The zero-order chi connectivity index (χ0) is 11.8. The molecule has 3 nitrogen and oxygen atoms in total. The van der Waals surface area contributed by atoms with Gasteiger partial charge >= 0.3 is 0 Å². The summed E-state index contributed by atoms with van der Waals surface area (Å²) in [7, 11) is 0. The summed E-state index contributed by atoms with van der Waals surface area (Å²) in [5, 5.41) is 12.0. The van der Waals surface area contributed by atoms with E-state index in [9.17, 15) is 4.79 Å². The molecule has 94 valence electrons. The average Bonchev–Trinajstić information content (AvgIpc) is 2.25. The fourth-order valence-electron chi connectivity index (χ4n) is 2.35. The highest BCUT2D eigenvalue weighted by molar-refractivity contribution is 5.76. The van der Waals surface area contributed by atoms with E-state index in [0.29, 0.717) is 18.9 Å². The van der Waals surface area contributed by atoms with E-state index in [4.69, 9.17) is 5.11 Å². The van der Waals surface area contributed by atoms with E-state index in [2.05, 4.69) is 5.32 Å². The summed E-state index contributed by atoms with van der Waals surface area (Å²) in [6.45, 7) is 2.49. The van der Waals surface area contributed by atoms with Gasteiger partial charge in [0.2, 0.25) is 5.91 Å². The van der Waals surface area contributed by atoms with Gasteiger partial charge in [0, 0.05) is 13.0 Å². The molecule has 1 fully saturated rings. The summed E-state index contributed by atoms with van der Waals surface area (Å²) in [4.78, 5) is 11.6. The van der Waals surface area contributed by atoms with Crippen LogP contribution in [0, 0.1) is 5.92 Å². The Labute approximate surface area is 98.6 Å². The molecule has 1 saturated carbocycles. The molecule has 1 atom stereocenters. The van der Waals surface area contributed by atoms with Crippen molar-refractivity contribution < 1.29 is 9.90 Å². The van der Waals surface area contributed by atoms with Crippen LogP contribution >= 0.6 is 0 Å². The molecular weight excluding hydrogens is 202 g/mol. The Kier molecular flexibility index (Phi) is 6.46. The summed E-state index contributed by atoms with van der Waals surface area (Å²) in [5.74, 6) is 0.808. The van der Waals surface area contributed by atoms with Crippen LogP contribution in [0.25, 0.3) is 0 Å². The number of aliphatic hydroxyl groups is 1. The van der Waals surface area contributed by atoms with Crippen LogP contribution in [0.5, 0.6) is 0 Å². The number of nitrogens with one attached hydrogen (secondary N) is 1. The summed E-state index contributed by atoms with van der Waals surface area (Å²) in [6.07, 6.45) is 8.46. The molecule has 16 heavy (non-hydrogen) atoms. The van der Waals surface area contributed by atoms with Crippen LogP contribution in [-0.4, -0.2) is 23.7 Å². The standard InChI is InChI=1S/C13H25NO2/c1-11(15)6-5-9-14-13(16)10-12-7-3-2-4-8-12/h11-12,15H,2-10H2,1H3,(H,14,16). The van der Waals surface area contributed by atoms with Gasteiger partial charge in [0.25, 0.3) is 0 Å². The number of carbonyl (C=O) groups is 1. The second-order valence-electron chi connectivity index (χ2n) is 5.05. The molecular formula is C13H25NO2. The fourth-order valence-corrected chi connectivity index (χ4v) is 2.35. The predicted octanol–water partition coefficient (Wildman–Crippen LogP) is 2.23. The van der Waals surface area contributed by atoms with Crippen molar-refractivity contribution in [1.82, 2.24) is 5.32 Å². The lowest BCUT2D eigenvalue weighted by atomic mass is 9.87. The lowest BCUT2D eigenvalue weighted by Gasteiger charge is -2.20. The quantitative estimate of drug-likeness (QED) is 0.684. The maximum Gasteiger partial charge on any atom is 0.220 e. The molecule has 0 aliphatic heterocycles. The molecule has 1 amide bonds. The first kappa shape index (κ1) is 13.5. The van der Waals surface area contributed by atoms with Crippen molar-refractivity contribution in [3.63, 3.8) is 0 Å². The third kappa shape index (κ3) is 6.11. The van der Waals surface area contributed by atoms with E-state index in [0.717, 1.165) is 12.8 Å². The summed E-state index contributed by atoms with van der Waals surface area (Å²) < 4.78 is 0. The van der Waals surface area contributed by atoms with Gasteiger partial charge < -0.3 is 10.4 Å². The van der Waals surface area contributed by atoms with Gasteiger partial charge in [-0.3, -0.25) is 4.79 Å². The summed E-state index contributed by atoms with van der Waals surface area (Å²) in [6, 6.07) is 0. The topological polar surface area (TPSA) is 49.3 Å². The normalized spacial score (nSPS) is 19.4. The Balaban J connectivity index is 2.01. The molecule has 1 aliphatic rings. The van der Waals surface area contributed by atoms with E-state index in [1.54, 1.807) is 6.92 Å². The Hall–Kier alpha value is -0.570. The van der Waals surface area contributed by atoms with Crippen LogP contribution in [0.3, 0.4) is 0 Å². The summed E-state index contributed by atoms with van der Waals surface area (Å²) >= 11 is 0. The van der Waals surface area contributed by atoms with Crippen LogP contribution in [-0.2, 0) is 4.79 Å². The molecule has 0 heterocycles.